The molecule has 0 heterocycles. The SMILES string of the molecule is CCNC1C(CN(CCOC)CCOC)CCCC1(C)C. The minimum absolute atomic E-state index is 0.396. The van der Waals surface area contributed by atoms with Crippen molar-refractivity contribution in [2.24, 2.45) is 11.3 Å². The van der Waals surface area contributed by atoms with Crippen LogP contribution in [0.5, 0.6) is 0 Å². The largest absolute Gasteiger partial charge is 0.383 e. The van der Waals surface area contributed by atoms with Crippen LogP contribution in [0.25, 0.3) is 0 Å². The lowest BCUT2D eigenvalue weighted by molar-refractivity contribution is 0.0571. The molecular weight excluding hydrogens is 264 g/mol. The minimum atomic E-state index is 0.396. The second kappa shape index (κ2) is 9.78. The van der Waals surface area contributed by atoms with Crippen molar-refractivity contribution in [3.05, 3.63) is 0 Å². The van der Waals surface area contributed by atoms with Crippen LogP contribution in [0.1, 0.15) is 40.0 Å². The van der Waals surface area contributed by atoms with E-state index in [0.29, 0.717) is 11.5 Å². The first-order valence-electron chi connectivity index (χ1n) is 8.48. The standard InChI is InChI=1S/C17H36N2O2/c1-6-18-16-15(8-7-9-17(16,2)3)14-19(10-12-20-4)11-13-21-5/h15-16,18H,6-14H2,1-5H3. The lowest BCUT2D eigenvalue weighted by Gasteiger charge is -2.46. The monoisotopic (exact) mass is 300 g/mol. The smallest absolute Gasteiger partial charge is 0.0589 e. The van der Waals surface area contributed by atoms with Gasteiger partial charge in [-0.15, -0.1) is 0 Å². The molecule has 1 aliphatic rings. The van der Waals surface area contributed by atoms with Gasteiger partial charge >= 0.3 is 0 Å². The Hall–Kier alpha value is -0.160. The van der Waals surface area contributed by atoms with Gasteiger partial charge in [0.15, 0.2) is 0 Å². The first-order valence-corrected chi connectivity index (χ1v) is 8.48. The maximum atomic E-state index is 5.26. The Kier molecular flexibility index (Phi) is 8.79. The molecule has 1 N–H and O–H groups in total. The minimum Gasteiger partial charge on any atom is -0.383 e. The molecule has 0 spiro atoms. The summed E-state index contributed by atoms with van der Waals surface area (Å²) in [7, 11) is 3.55. The van der Waals surface area contributed by atoms with Crippen molar-refractivity contribution >= 4 is 0 Å². The van der Waals surface area contributed by atoms with E-state index in [4.69, 9.17) is 9.47 Å². The molecule has 126 valence electrons. The van der Waals surface area contributed by atoms with Crippen LogP contribution >= 0.6 is 0 Å². The van der Waals surface area contributed by atoms with E-state index in [0.717, 1.165) is 45.3 Å². The molecule has 2 unspecified atom stereocenters. The van der Waals surface area contributed by atoms with Crippen molar-refractivity contribution in [3.63, 3.8) is 0 Å². The lowest BCUT2D eigenvalue weighted by Crippen LogP contribution is -2.53. The molecule has 0 aliphatic heterocycles. The van der Waals surface area contributed by atoms with Gasteiger partial charge in [-0.3, -0.25) is 4.90 Å². The number of ether oxygens (including phenoxy) is 2. The van der Waals surface area contributed by atoms with E-state index < -0.39 is 0 Å². The number of methoxy groups -OCH3 is 2. The van der Waals surface area contributed by atoms with Crippen molar-refractivity contribution in [3.8, 4) is 0 Å². The summed E-state index contributed by atoms with van der Waals surface area (Å²) in [6.45, 7) is 12.8. The molecule has 1 rings (SSSR count). The van der Waals surface area contributed by atoms with Gasteiger partial charge < -0.3 is 14.8 Å². The van der Waals surface area contributed by atoms with Crippen LogP contribution in [0.15, 0.2) is 0 Å². The van der Waals surface area contributed by atoms with E-state index in [1.807, 2.05) is 0 Å². The second-order valence-corrected chi connectivity index (χ2v) is 6.96. The summed E-state index contributed by atoms with van der Waals surface area (Å²) in [5, 5.41) is 3.75. The van der Waals surface area contributed by atoms with E-state index in [9.17, 15) is 0 Å². The Labute approximate surface area is 131 Å². The molecule has 21 heavy (non-hydrogen) atoms. The number of nitrogens with zero attached hydrogens (tertiary/aromatic N) is 1. The molecule has 0 radical (unpaired) electrons. The van der Waals surface area contributed by atoms with Gasteiger partial charge in [0.25, 0.3) is 0 Å². The molecule has 0 saturated heterocycles. The van der Waals surface area contributed by atoms with Crippen molar-refractivity contribution in [1.29, 1.82) is 0 Å². The predicted octanol–water partition coefficient (Wildman–Crippen LogP) is 2.39. The molecule has 1 fully saturated rings. The highest BCUT2D eigenvalue weighted by Gasteiger charge is 2.38. The van der Waals surface area contributed by atoms with Crippen LogP contribution in [0.2, 0.25) is 0 Å². The van der Waals surface area contributed by atoms with E-state index in [-0.39, 0.29) is 0 Å². The van der Waals surface area contributed by atoms with Crippen LogP contribution in [0.4, 0.5) is 0 Å². The number of rotatable bonds is 10. The molecule has 0 aromatic carbocycles. The van der Waals surface area contributed by atoms with Gasteiger partial charge in [0.1, 0.15) is 0 Å². The maximum Gasteiger partial charge on any atom is 0.0589 e. The van der Waals surface area contributed by atoms with Crippen molar-refractivity contribution in [1.82, 2.24) is 10.2 Å². The maximum absolute atomic E-state index is 5.26. The molecule has 0 aromatic rings. The van der Waals surface area contributed by atoms with Gasteiger partial charge in [0, 0.05) is 39.9 Å². The second-order valence-electron chi connectivity index (χ2n) is 6.96. The zero-order valence-electron chi connectivity index (χ0n) is 14.8. The van der Waals surface area contributed by atoms with E-state index in [1.54, 1.807) is 14.2 Å². The van der Waals surface area contributed by atoms with Crippen molar-refractivity contribution in [2.75, 3.05) is 53.6 Å². The van der Waals surface area contributed by atoms with E-state index in [2.05, 4.69) is 31.0 Å². The Morgan fingerprint density at radius 1 is 1.14 bits per heavy atom. The normalized spacial score (nSPS) is 25.4. The zero-order valence-corrected chi connectivity index (χ0v) is 14.8. The van der Waals surface area contributed by atoms with Gasteiger partial charge in [0.05, 0.1) is 13.2 Å². The topological polar surface area (TPSA) is 33.7 Å². The van der Waals surface area contributed by atoms with Crippen molar-refractivity contribution < 1.29 is 9.47 Å². The molecule has 1 saturated carbocycles. The molecule has 0 aromatic heterocycles. The Bertz CT molecular complexity index is 264. The Balaban J connectivity index is 2.64. The summed E-state index contributed by atoms with van der Waals surface area (Å²) in [4.78, 5) is 2.50. The summed E-state index contributed by atoms with van der Waals surface area (Å²) >= 11 is 0. The first-order chi connectivity index (χ1) is 10.0. The average molecular weight is 300 g/mol. The third kappa shape index (κ3) is 6.23. The summed E-state index contributed by atoms with van der Waals surface area (Å²) in [5.41, 5.74) is 0.396. The Morgan fingerprint density at radius 3 is 2.29 bits per heavy atom. The third-order valence-electron chi connectivity index (χ3n) is 4.85. The lowest BCUT2D eigenvalue weighted by atomic mass is 9.67. The number of hydrogen-bond acceptors (Lipinski definition) is 4. The first kappa shape index (κ1) is 18.9. The summed E-state index contributed by atoms with van der Waals surface area (Å²) in [6, 6.07) is 0.615. The van der Waals surface area contributed by atoms with Gasteiger partial charge in [-0.1, -0.05) is 27.2 Å². The zero-order chi connectivity index (χ0) is 15.7. The van der Waals surface area contributed by atoms with Crippen LogP contribution in [0, 0.1) is 11.3 Å². The quantitative estimate of drug-likeness (QED) is 0.672. The molecule has 4 heteroatoms. The van der Waals surface area contributed by atoms with Crippen LogP contribution in [-0.4, -0.2) is 64.6 Å². The van der Waals surface area contributed by atoms with Crippen molar-refractivity contribution in [2.45, 2.75) is 46.1 Å². The molecule has 2 atom stereocenters. The number of hydrogen-bond donors (Lipinski definition) is 1. The van der Waals surface area contributed by atoms with Gasteiger partial charge in [-0.2, -0.15) is 0 Å². The molecule has 1 aliphatic carbocycles. The molecule has 0 bridgehead atoms. The van der Waals surface area contributed by atoms with E-state index >= 15 is 0 Å². The highest BCUT2D eigenvalue weighted by atomic mass is 16.5. The van der Waals surface area contributed by atoms with Gasteiger partial charge in [-0.25, -0.2) is 0 Å². The van der Waals surface area contributed by atoms with Crippen LogP contribution in [-0.2, 0) is 9.47 Å². The third-order valence-corrected chi connectivity index (χ3v) is 4.85. The molecule has 0 amide bonds. The fourth-order valence-corrected chi connectivity index (χ4v) is 3.71. The fourth-order valence-electron chi connectivity index (χ4n) is 3.71. The van der Waals surface area contributed by atoms with Gasteiger partial charge in [-0.05, 0) is 30.7 Å². The Morgan fingerprint density at radius 2 is 1.76 bits per heavy atom. The van der Waals surface area contributed by atoms with E-state index in [1.165, 1.54) is 19.3 Å². The summed E-state index contributed by atoms with van der Waals surface area (Å²) in [6.07, 6.45) is 4.01. The highest BCUT2D eigenvalue weighted by Crippen LogP contribution is 2.39. The van der Waals surface area contributed by atoms with Crippen LogP contribution < -0.4 is 5.32 Å². The fraction of sp³-hybridized carbons (Fsp3) is 1.00. The predicted molar refractivity (Wildman–Crippen MR) is 88.8 cm³/mol. The highest BCUT2D eigenvalue weighted by molar-refractivity contribution is 4.94. The number of nitrogens with one attached hydrogen (secondary N) is 1. The average Bonchev–Trinajstić information content (AvgIpc) is 2.45. The van der Waals surface area contributed by atoms with Crippen LogP contribution in [0.3, 0.4) is 0 Å². The molecular formula is C17H36N2O2. The summed E-state index contributed by atoms with van der Waals surface area (Å²) < 4.78 is 10.5. The van der Waals surface area contributed by atoms with Gasteiger partial charge in [0.2, 0.25) is 0 Å². The summed E-state index contributed by atoms with van der Waals surface area (Å²) in [5.74, 6) is 0.724. The molecule has 4 nitrogen and oxygen atoms in total.